The number of benzene rings is 3. The van der Waals surface area contributed by atoms with Crippen LogP contribution in [0.4, 0.5) is 5.13 Å². The van der Waals surface area contributed by atoms with Crippen molar-refractivity contribution < 1.29 is 19.4 Å². The number of ketones is 1. The number of ether oxygens (including phenoxy) is 1. The first-order chi connectivity index (χ1) is 19.8. The Morgan fingerprint density at radius 2 is 1.80 bits per heavy atom. The van der Waals surface area contributed by atoms with Crippen LogP contribution in [-0.4, -0.2) is 33.6 Å². The van der Waals surface area contributed by atoms with Crippen LogP contribution in [0.2, 0.25) is 5.02 Å². The lowest BCUT2D eigenvalue weighted by Gasteiger charge is -2.23. The van der Waals surface area contributed by atoms with Gasteiger partial charge in [-0.25, -0.2) is 0 Å². The van der Waals surface area contributed by atoms with Crippen LogP contribution < -0.4 is 9.64 Å². The van der Waals surface area contributed by atoms with E-state index in [1.165, 1.54) is 28.0 Å². The second kappa shape index (κ2) is 12.9. The first-order valence-corrected chi connectivity index (χ1v) is 15.3. The van der Waals surface area contributed by atoms with Crippen molar-refractivity contribution in [3.05, 3.63) is 106 Å². The number of nitrogens with zero attached hydrogens (tertiary/aromatic N) is 3. The Kier molecular flexibility index (Phi) is 9.07. The monoisotopic (exact) mass is 605 g/mol. The van der Waals surface area contributed by atoms with Crippen molar-refractivity contribution in [1.29, 1.82) is 0 Å². The zero-order valence-electron chi connectivity index (χ0n) is 22.5. The van der Waals surface area contributed by atoms with Crippen LogP contribution in [0.5, 0.6) is 5.75 Å². The van der Waals surface area contributed by atoms with Crippen LogP contribution in [0.25, 0.3) is 5.76 Å². The molecule has 4 aromatic rings. The summed E-state index contributed by atoms with van der Waals surface area (Å²) in [5, 5.41) is 20.7. The average Bonchev–Trinajstić information content (AvgIpc) is 3.54. The van der Waals surface area contributed by atoms with Gasteiger partial charge < -0.3 is 9.84 Å². The van der Waals surface area contributed by atoms with Crippen LogP contribution in [0.3, 0.4) is 0 Å². The summed E-state index contributed by atoms with van der Waals surface area (Å²) in [5.41, 5.74) is 2.07. The van der Waals surface area contributed by atoms with Gasteiger partial charge in [-0.15, -0.1) is 10.2 Å². The molecule has 210 valence electrons. The molecule has 41 heavy (non-hydrogen) atoms. The van der Waals surface area contributed by atoms with Crippen LogP contribution in [-0.2, 0) is 15.3 Å². The van der Waals surface area contributed by atoms with Crippen LogP contribution in [0.1, 0.15) is 43.0 Å². The van der Waals surface area contributed by atoms with E-state index in [1.54, 1.807) is 36.4 Å². The van der Waals surface area contributed by atoms with E-state index in [0.29, 0.717) is 44.5 Å². The zero-order chi connectivity index (χ0) is 28.9. The van der Waals surface area contributed by atoms with Gasteiger partial charge in [-0.2, -0.15) is 0 Å². The fraction of sp³-hybridized carbons (Fsp3) is 0.226. The molecule has 1 saturated heterocycles. The van der Waals surface area contributed by atoms with Gasteiger partial charge in [-0.1, -0.05) is 91.0 Å². The summed E-state index contributed by atoms with van der Waals surface area (Å²) < 4.78 is 6.63. The number of hydrogen-bond donors (Lipinski definition) is 1. The van der Waals surface area contributed by atoms with E-state index in [4.69, 9.17) is 16.3 Å². The van der Waals surface area contributed by atoms with Crippen molar-refractivity contribution in [3.8, 4) is 5.75 Å². The molecule has 10 heteroatoms. The van der Waals surface area contributed by atoms with Crippen molar-refractivity contribution >= 4 is 57.3 Å². The standard InChI is InChI=1S/C31H28ClN3O4S2/c1-19(2)15-16-39-24-10-6-9-22(17-24)26-25(27(36)21-11-13-23(32)14-12-21)28(37)29(38)35(26)30-33-34-31(41-30)40-18-20-7-4-3-5-8-20/h3-14,17,19,26,36H,15-16,18H2,1-2H3. The highest BCUT2D eigenvalue weighted by molar-refractivity contribution is 8.00. The molecule has 5 rings (SSSR count). The lowest BCUT2D eigenvalue weighted by molar-refractivity contribution is -0.132. The molecule has 1 amide bonds. The van der Waals surface area contributed by atoms with E-state index < -0.39 is 17.7 Å². The number of aromatic nitrogens is 2. The third kappa shape index (κ3) is 6.64. The Balaban J connectivity index is 1.53. The highest BCUT2D eigenvalue weighted by Gasteiger charge is 2.48. The molecule has 0 aliphatic carbocycles. The minimum atomic E-state index is -0.931. The van der Waals surface area contributed by atoms with Gasteiger partial charge in [0.15, 0.2) is 4.34 Å². The van der Waals surface area contributed by atoms with Gasteiger partial charge in [0.2, 0.25) is 5.13 Å². The summed E-state index contributed by atoms with van der Waals surface area (Å²) >= 11 is 8.77. The van der Waals surface area contributed by atoms with Gasteiger partial charge in [-0.05, 0) is 59.9 Å². The molecule has 2 heterocycles. The summed E-state index contributed by atoms with van der Waals surface area (Å²) in [7, 11) is 0. The van der Waals surface area contributed by atoms with Crippen molar-refractivity contribution in [2.45, 2.75) is 36.4 Å². The van der Waals surface area contributed by atoms with E-state index in [2.05, 4.69) is 24.0 Å². The molecule has 1 aliphatic heterocycles. The Morgan fingerprint density at radius 1 is 1.05 bits per heavy atom. The SMILES string of the molecule is CC(C)CCOc1cccc(C2C(=C(O)c3ccc(Cl)cc3)C(=O)C(=O)N2c2nnc(SCc3ccccc3)s2)c1. The first kappa shape index (κ1) is 28.9. The fourth-order valence-corrected chi connectivity index (χ4v) is 6.32. The third-order valence-corrected chi connectivity index (χ3v) is 8.89. The first-order valence-electron chi connectivity index (χ1n) is 13.1. The van der Waals surface area contributed by atoms with Crippen LogP contribution >= 0.6 is 34.7 Å². The second-order valence-electron chi connectivity index (χ2n) is 9.90. The largest absolute Gasteiger partial charge is 0.507 e. The predicted octanol–water partition coefficient (Wildman–Crippen LogP) is 7.54. The Morgan fingerprint density at radius 3 is 2.54 bits per heavy atom. The van der Waals surface area contributed by atoms with Crippen molar-refractivity contribution in [2.75, 3.05) is 11.5 Å². The van der Waals surface area contributed by atoms with E-state index in [0.717, 1.165) is 12.0 Å². The summed E-state index contributed by atoms with van der Waals surface area (Å²) in [5.74, 6) is -0.103. The highest BCUT2D eigenvalue weighted by atomic mass is 35.5. The van der Waals surface area contributed by atoms with Crippen LogP contribution in [0.15, 0.2) is 88.8 Å². The summed E-state index contributed by atoms with van der Waals surface area (Å²) in [6.45, 7) is 4.78. The number of aliphatic hydroxyl groups is 1. The summed E-state index contributed by atoms with van der Waals surface area (Å²) in [6, 6.07) is 22.7. The highest BCUT2D eigenvalue weighted by Crippen LogP contribution is 2.44. The quantitative estimate of drug-likeness (QED) is 0.0656. The maximum atomic E-state index is 13.5. The second-order valence-corrected chi connectivity index (χ2v) is 12.5. The molecule has 1 aromatic heterocycles. The van der Waals surface area contributed by atoms with Crippen molar-refractivity contribution in [3.63, 3.8) is 0 Å². The molecule has 1 atom stereocenters. The lowest BCUT2D eigenvalue weighted by atomic mass is 9.95. The van der Waals surface area contributed by atoms with Gasteiger partial charge in [-0.3, -0.25) is 14.5 Å². The van der Waals surface area contributed by atoms with Crippen molar-refractivity contribution in [1.82, 2.24) is 10.2 Å². The predicted molar refractivity (Wildman–Crippen MR) is 164 cm³/mol. The number of carbonyl (C=O) groups is 2. The fourth-order valence-electron chi connectivity index (χ4n) is 4.37. The molecule has 7 nitrogen and oxygen atoms in total. The number of carbonyl (C=O) groups excluding carboxylic acids is 2. The number of anilines is 1. The zero-order valence-corrected chi connectivity index (χ0v) is 24.9. The number of rotatable bonds is 10. The smallest absolute Gasteiger partial charge is 0.301 e. The van der Waals surface area contributed by atoms with E-state index in [1.807, 2.05) is 42.5 Å². The molecule has 1 aliphatic rings. The Hall–Kier alpha value is -3.66. The van der Waals surface area contributed by atoms with Gasteiger partial charge in [0, 0.05) is 16.3 Å². The normalized spacial score (nSPS) is 16.5. The number of thioether (sulfide) groups is 1. The number of aliphatic hydroxyl groups excluding tert-OH is 1. The van der Waals surface area contributed by atoms with Crippen LogP contribution in [0, 0.1) is 5.92 Å². The summed E-state index contributed by atoms with van der Waals surface area (Å²) in [6.07, 6.45) is 0.882. The molecule has 1 fully saturated rings. The van der Waals surface area contributed by atoms with E-state index in [-0.39, 0.29) is 16.5 Å². The molecule has 0 spiro atoms. The molecular weight excluding hydrogens is 578 g/mol. The minimum Gasteiger partial charge on any atom is -0.507 e. The topological polar surface area (TPSA) is 92.6 Å². The maximum Gasteiger partial charge on any atom is 0.301 e. The molecule has 0 radical (unpaired) electrons. The summed E-state index contributed by atoms with van der Waals surface area (Å²) in [4.78, 5) is 28.3. The number of Topliss-reactive ketones (excluding diaryl/α,β-unsaturated/α-hetero) is 1. The molecule has 0 bridgehead atoms. The number of halogens is 1. The van der Waals surface area contributed by atoms with Gasteiger partial charge in [0.1, 0.15) is 11.5 Å². The molecular formula is C31H28ClN3O4S2. The molecule has 0 saturated carbocycles. The average molecular weight is 606 g/mol. The maximum absolute atomic E-state index is 13.5. The number of hydrogen-bond acceptors (Lipinski definition) is 8. The van der Waals surface area contributed by atoms with Crippen molar-refractivity contribution in [2.24, 2.45) is 5.92 Å². The third-order valence-electron chi connectivity index (χ3n) is 6.51. The molecule has 1 N–H and O–H groups in total. The van der Waals surface area contributed by atoms with E-state index in [9.17, 15) is 14.7 Å². The molecule has 1 unspecified atom stereocenters. The minimum absolute atomic E-state index is 0.0367. The van der Waals surface area contributed by atoms with Gasteiger partial charge >= 0.3 is 5.91 Å². The number of amides is 1. The Labute approximate surface area is 251 Å². The van der Waals surface area contributed by atoms with E-state index >= 15 is 0 Å². The Bertz CT molecular complexity index is 1570. The van der Waals surface area contributed by atoms with Gasteiger partial charge in [0.25, 0.3) is 5.78 Å². The molecule has 3 aromatic carbocycles. The lowest BCUT2D eigenvalue weighted by Crippen LogP contribution is -2.29. The van der Waals surface area contributed by atoms with Gasteiger partial charge in [0.05, 0.1) is 18.2 Å².